The van der Waals surface area contributed by atoms with Crippen LogP contribution in [0.3, 0.4) is 0 Å². The van der Waals surface area contributed by atoms with E-state index in [0.29, 0.717) is 12.8 Å². The molecule has 1 heterocycles. The highest BCUT2D eigenvalue weighted by Gasteiger charge is 2.79. The van der Waals surface area contributed by atoms with Crippen LogP contribution in [-0.2, 0) is 19.1 Å². The van der Waals surface area contributed by atoms with E-state index >= 15 is 0 Å². The van der Waals surface area contributed by atoms with Gasteiger partial charge in [0.05, 0.1) is 18.1 Å². The number of ketones is 1. The zero-order valence-electron chi connectivity index (χ0n) is 16.6. The molecule has 0 bridgehead atoms. The smallest absolute Gasteiger partial charge is 0.311 e. The Morgan fingerprint density at radius 1 is 1.23 bits per heavy atom. The van der Waals surface area contributed by atoms with Gasteiger partial charge in [-0.2, -0.15) is 0 Å². The van der Waals surface area contributed by atoms with Crippen LogP contribution in [0.1, 0.15) is 66.2 Å². The molecule has 0 unspecified atom stereocenters. The summed E-state index contributed by atoms with van der Waals surface area (Å²) in [6, 6.07) is 0. The fourth-order valence-electron chi connectivity index (χ4n) is 7.25. The highest BCUT2D eigenvalue weighted by atomic mass is 16.6. The Balaban J connectivity index is 1.74. The van der Waals surface area contributed by atoms with E-state index < -0.39 is 16.6 Å². The van der Waals surface area contributed by atoms with Crippen LogP contribution in [0.5, 0.6) is 0 Å². The van der Waals surface area contributed by atoms with Crippen molar-refractivity contribution < 1.29 is 24.2 Å². The van der Waals surface area contributed by atoms with Crippen molar-refractivity contribution in [3.8, 4) is 0 Å². The van der Waals surface area contributed by atoms with E-state index in [9.17, 15) is 14.7 Å². The molecule has 0 amide bonds. The van der Waals surface area contributed by atoms with Gasteiger partial charge in [0.15, 0.2) is 11.4 Å². The maximum Gasteiger partial charge on any atom is 0.311 e. The molecule has 0 aromatic rings. The Kier molecular flexibility index (Phi) is 3.77. The molecule has 0 spiro atoms. The van der Waals surface area contributed by atoms with Crippen molar-refractivity contribution >= 4 is 11.8 Å². The van der Waals surface area contributed by atoms with Crippen LogP contribution in [-0.4, -0.2) is 41.3 Å². The highest BCUT2D eigenvalue weighted by Crippen LogP contribution is 2.69. The summed E-state index contributed by atoms with van der Waals surface area (Å²) in [7, 11) is 1.46. The standard InChI is InChI=1S/C21H32O5/c1-12(2)21-15(22)11-14-18(3)8-6-9-19(4,17(23)25-5)13(18)7-10-20(14,24)16(21)26-21/h12-14,16,24H,6-11H2,1-5H3/t13-,14-,16-,18+,19-,20-,21+/m1/s1. The number of carbonyl (C=O) groups excluding carboxylic acids is 2. The third-order valence-corrected chi connectivity index (χ3v) is 8.64. The molecular weight excluding hydrogens is 332 g/mol. The minimum Gasteiger partial charge on any atom is -0.469 e. The van der Waals surface area contributed by atoms with Gasteiger partial charge < -0.3 is 14.6 Å². The number of hydrogen-bond donors (Lipinski definition) is 1. The Morgan fingerprint density at radius 2 is 1.92 bits per heavy atom. The van der Waals surface area contributed by atoms with Crippen molar-refractivity contribution in [2.45, 2.75) is 83.5 Å². The van der Waals surface area contributed by atoms with Crippen molar-refractivity contribution in [1.29, 1.82) is 0 Å². The van der Waals surface area contributed by atoms with Crippen molar-refractivity contribution in [1.82, 2.24) is 0 Å². The van der Waals surface area contributed by atoms with E-state index in [2.05, 4.69) is 6.92 Å². The lowest BCUT2D eigenvalue weighted by Gasteiger charge is -2.62. The van der Waals surface area contributed by atoms with E-state index in [1.807, 2.05) is 20.8 Å². The van der Waals surface area contributed by atoms with Crippen LogP contribution in [0.25, 0.3) is 0 Å². The first kappa shape index (κ1) is 18.4. The molecule has 0 aromatic carbocycles. The number of hydrogen-bond acceptors (Lipinski definition) is 5. The molecule has 146 valence electrons. The fourth-order valence-corrected chi connectivity index (χ4v) is 7.25. The van der Waals surface area contributed by atoms with Gasteiger partial charge in [0.2, 0.25) is 0 Å². The Bertz CT molecular complexity index is 659. The molecule has 5 heteroatoms. The molecule has 4 aliphatic rings. The van der Waals surface area contributed by atoms with Crippen LogP contribution < -0.4 is 0 Å². The second-order valence-corrected chi connectivity index (χ2v) is 9.98. The first-order chi connectivity index (χ1) is 12.1. The van der Waals surface area contributed by atoms with Crippen molar-refractivity contribution in [2.75, 3.05) is 7.11 Å². The van der Waals surface area contributed by atoms with Gasteiger partial charge in [0, 0.05) is 12.3 Å². The quantitative estimate of drug-likeness (QED) is 0.602. The number of epoxide rings is 1. The van der Waals surface area contributed by atoms with Gasteiger partial charge in [0.25, 0.3) is 0 Å². The average molecular weight is 364 g/mol. The third-order valence-electron chi connectivity index (χ3n) is 8.64. The second kappa shape index (κ2) is 5.32. The summed E-state index contributed by atoms with van der Waals surface area (Å²) >= 11 is 0. The molecule has 0 radical (unpaired) electrons. The molecule has 1 saturated heterocycles. The summed E-state index contributed by atoms with van der Waals surface area (Å²) in [5.41, 5.74) is -2.53. The van der Waals surface area contributed by atoms with Gasteiger partial charge in [-0.15, -0.1) is 0 Å². The largest absolute Gasteiger partial charge is 0.469 e. The predicted octanol–water partition coefficient (Wildman–Crippen LogP) is 2.88. The molecule has 7 atom stereocenters. The number of ether oxygens (including phenoxy) is 2. The number of methoxy groups -OCH3 is 1. The minimum atomic E-state index is -0.961. The van der Waals surface area contributed by atoms with E-state index in [0.717, 1.165) is 25.7 Å². The Hall–Kier alpha value is -0.940. The van der Waals surface area contributed by atoms with Crippen LogP contribution in [0, 0.1) is 28.6 Å². The second-order valence-electron chi connectivity index (χ2n) is 9.98. The van der Waals surface area contributed by atoms with E-state index in [4.69, 9.17) is 9.47 Å². The summed E-state index contributed by atoms with van der Waals surface area (Å²) in [6.45, 7) is 8.21. The fraction of sp³-hybridized carbons (Fsp3) is 0.905. The van der Waals surface area contributed by atoms with Crippen molar-refractivity contribution in [3.05, 3.63) is 0 Å². The maximum absolute atomic E-state index is 13.0. The van der Waals surface area contributed by atoms with Crippen LogP contribution in [0.15, 0.2) is 0 Å². The molecule has 3 saturated carbocycles. The molecule has 3 aliphatic carbocycles. The zero-order chi connectivity index (χ0) is 19.1. The molecule has 1 aliphatic heterocycles. The highest BCUT2D eigenvalue weighted by molar-refractivity contribution is 5.93. The van der Waals surface area contributed by atoms with Crippen molar-refractivity contribution in [2.24, 2.45) is 28.6 Å². The topological polar surface area (TPSA) is 76.1 Å². The van der Waals surface area contributed by atoms with Gasteiger partial charge >= 0.3 is 5.97 Å². The monoisotopic (exact) mass is 364 g/mol. The van der Waals surface area contributed by atoms with Crippen LogP contribution in [0.4, 0.5) is 0 Å². The molecule has 26 heavy (non-hydrogen) atoms. The lowest BCUT2D eigenvalue weighted by atomic mass is 9.42. The average Bonchev–Trinajstić information content (AvgIpc) is 3.35. The van der Waals surface area contributed by atoms with Crippen molar-refractivity contribution in [3.63, 3.8) is 0 Å². The zero-order valence-corrected chi connectivity index (χ0v) is 16.6. The molecule has 4 fully saturated rings. The maximum atomic E-state index is 13.0. The first-order valence-corrected chi connectivity index (χ1v) is 10.1. The van der Waals surface area contributed by atoms with Gasteiger partial charge in [-0.3, -0.25) is 9.59 Å². The number of esters is 1. The lowest BCUT2D eigenvalue weighted by molar-refractivity contribution is -0.204. The molecule has 4 rings (SSSR count). The summed E-state index contributed by atoms with van der Waals surface area (Å²) < 4.78 is 11.1. The minimum absolute atomic E-state index is 0.0715. The van der Waals surface area contributed by atoms with Gasteiger partial charge in [0.1, 0.15) is 6.10 Å². The normalized spacial score (nSPS) is 52.7. The SMILES string of the molecule is COC(=O)[C@]1(C)CCC[C@]2(C)[C@H]3CC(=O)[C@]4(C(C)C)O[C@@H]4[C@@]3(O)CC[C@H]21. The lowest BCUT2D eigenvalue weighted by Crippen LogP contribution is -2.66. The predicted molar refractivity (Wildman–Crippen MR) is 95.3 cm³/mol. The number of carbonyl (C=O) groups is 2. The van der Waals surface area contributed by atoms with Gasteiger partial charge in [-0.25, -0.2) is 0 Å². The number of fused-ring (bicyclic) bond motifs is 5. The molecule has 1 N–H and O–H groups in total. The third kappa shape index (κ3) is 1.94. The number of aliphatic hydroxyl groups is 1. The van der Waals surface area contributed by atoms with E-state index in [-0.39, 0.29) is 41.0 Å². The van der Waals surface area contributed by atoms with Crippen LogP contribution in [0.2, 0.25) is 0 Å². The van der Waals surface area contributed by atoms with E-state index in [1.54, 1.807) is 0 Å². The summed E-state index contributed by atoms with van der Waals surface area (Å²) in [6.07, 6.45) is 4.01. The Morgan fingerprint density at radius 3 is 2.54 bits per heavy atom. The summed E-state index contributed by atoms with van der Waals surface area (Å²) in [5.74, 6) is 0.0336. The Labute approximate surface area is 155 Å². The summed E-state index contributed by atoms with van der Waals surface area (Å²) in [5, 5.41) is 11.7. The van der Waals surface area contributed by atoms with E-state index in [1.165, 1.54) is 7.11 Å². The molecule has 0 aromatic heterocycles. The number of Topliss-reactive ketones (excluding diaryl/α,β-unsaturated/α-hetero) is 1. The summed E-state index contributed by atoms with van der Waals surface area (Å²) in [4.78, 5) is 25.7. The number of rotatable bonds is 2. The molecule has 5 nitrogen and oxygen atoms in total. The van der Waals surface area contributed by atoms with Gasteiger partial charge in [-0.05, 0) is 49.9 Å². The first-order valence-electron chi connectivity index (χ1n) is 10.1. The molecular formula is C21H32O5. The van der Waals surface area contributed by atoms with Crippen LogP contribution >= 0.6 is 0 Å². The van der Waals surface area contributed by atoms with Gasteiger partial charge in [-0.1, -0.05) is 27.2 Å².